The zero-order chi connectivity index (χ0) is 17.3. The number of hydrogen-bond acceptors (Lipinski definition) is 6. The molecule has 0 saturated heterocycles. The van der Waals surface area contributed by atoms with Crippen LogP contribution in [-0.2, 0) is 4.74 Å². The Morgan fingerprint density at radius 2 is 2.08 bits per heavy atom. The molecule has 0 unspecified atom stereocenters. The highest BCUT2D eigenvalue weighted by atomic mass is 32.1. The molecule has 0 radical (unpaired) electrons. The van der Waals surface area contributed by atoms with Crippen LogP contribution in [0.3, 0.4) is 0 Å². The van der Waals surface area contributed by atoms with Crippen molar-refractivity contribution in [1.82, 2.24) is 4.98 Å². The van der Waals surface area contributed by atoms with Gasteiger partial charge in [0.25, 0.3) is 5.91 Å². The van der Waals surface area contributed by atoms with E-state index in [0.29, 0.717) is 21.8 Å². The molecule has 0 spiro atoms. The van der Waals surface area contributed by atoms with Crippen molar-refractivity contribution >= 4 is 44.8 Å². The summed E-state index contributed by atoms with van der Waals surface area (Å²) in [6, 6.07) is 8.38. The molecule has 1 amide bonds. The number of ether oxygens (including phenoxy) is 1. The fourth-order valence-electron chi connectivity index (χ4n) is 2.40. The summed E-state index contributed by atoms with van der Waals surface area (Å²) in [6.45, 7) is 1.93. The summed E-state index contributed by atoms with van der Waals surface area (Å²) in [5.74, 6) is -0.802. The van der Waals surface area contributed by atoms with E-state index in [1.807, 2.05) is 13.0 Å². The van der Waals surface area contributed by atoms with Crippen LogP contribution < -0.4 is 11.1 Å². The van der Waals surface area contributed by atoms with E-state index in [1.165, 1.54) is 18.4 Å². The predicted octanol–water partition coefficient (Wildman–Crippen LogP) is 3.23. The van der Waals surface area contributed by atoms with Crippen molar-refractivity contribution in [3.05, 3.63) is 52.5 Å². The van der Waals surface area contributed by atoms with Crippen molar-refractivity contribution < 1.29 is 14.3 Å². The number of nitrogen functional groups attached to an aromatic ring is 1. The summed E-state index contributed by atoms with van der Waals surface area (Å²) < 4.78 is 4.68. The van der Waals surface area contributed by atoms with E-state index in [2.05, 4.69) is 15.0 Å². The van der Waals surface area contributed by atoms with Gasteiger partial charge in [-0.25, -0.2) is 9.78 Å². The summed E-state index contributed by atoms with van der Waals surface area (Å²) >= 11 is 1.24. The van der Waals surface area contributed by atoms with Gasteiger partial charge in [-0.1, -0.05) is 6.07 Å². The number of nitrogens with two attached hydrogens (primary N) is 1. The first-order chi connectivity index (χ1) is 11.5. The van der Waals surface area contributed by atoms with Gasteiger partial charge in [0.1, 0.15) is 9.71 Å². The quantitative estimate of drug-likeness (QED) is 0.713. The van der Waals surface area contributed by atoms with Gasteiger partial charge >= 0.3 is 5.97 Å². The molecular weight excluding hydrogens is 326 g/mol. The number of carbonyl (C=O) groups excluding carboxylic acids is 2. The van der Waals surface area contributed by atoms with Crippen LogP contribution in [0.5, 0.6) is 0 Å². The van der Waals surface area contributed by atoms with E-state index in [-0.39, 0.29) is 5.91 Å². The lowest BCUT2D eigenvalue weighted by molar-refractivity contribution is 0.0600. The largest absolute Gasteiger partial charge is 0.465 e. The first-order valence-corrected chi connectivity index (χ1v) is 7.96. The van der Waals surface area contributed by atoms with E-state index in [9.17, 15) is 9.59 Å². The number of carbonyl (C=O) groups is 2. The minimum atomic E-state index is -0.465. The molecule has 2 heterocycles. The maximum absolute atomic E-state index is 12.5. The molecule has 0 aliphatic rings. The number of nitrogens with zero attached hydrogens (tertiary/aromatic N) is 1. The number of methoxy groups -OCH3 is 1. The number of hydrogen-bond donors (Lipinski definition) is 2. The normalized spacial score (nSPS) is 10.6. The highest BCUT2D eigenvalue weighted by Crippen LogP contribution is 2.34. The molecule has 6 nitrogen and oxygen atoms in total. The van der Waals surface area contributed by atoms with Crippen LogP contribution in [0.2, 0.25) is 0 Å². The fraction of sp³-hybridized carbons (Fsp3) is 0.118. The van der Waals surface area contributed by atoms with Crippen molar-refractivity contribution in [3.8, 4) is 0 Å². The second kappa shape index (κ2) is 6.29. The highest BCUT2D eigenvalue weighted by molar-refractivity contribution is 7.21. The molecule has 0 saturated carbocycles. The zero-order valence-corrected chi connectivity index (χ0v) is 13.9. The van der Waals surface area contributed by atoms with Crippen LogP contribution in [0, 0.1) is 6.92 Å². The Labute approximate surface area is 142 Å². The lowest BCUT2D eigenvalue weighted by atomic mass is 10.1. The Balaban J connectivity index is 1.92. The fourth-order valence-corrected chi connectivity index (χ4v) is 3.44. The van der Waals surface area contributed by atoms with Crippen LogP contribution >= 0.6 is 11.3 Å². The Kier molecular flexibility index (Phi) is 4.18. The lowest BCUT2D eigenvalue weighted by Crippen LogP contribution is -2.12. The average molecular weight is 341 g/mol. The number of thiophene rings is 1. The van der Waals surface area contributed by atoms with Crippen molar-refractivity contribution in [2.75, 3.05) is 18.2 Å². The summed E-state index contributed by atoms with van der Waals surface area (Å²) in [5.41, 5.74) is 8.37. The van der Waals surface area contributed by atoms with Gasteiger partial charge in [-0.2, -0.15) is 0 Å². The molecule has 0 fully saturated rings. The van der Waals surface area contributed by atoms with Gasteiger partial charge in [-0.05, 0) is 36.8 Å². The number of aromatic nitrogens is 1. The van der Waals surface area contributed by atoms with E-state index in [1.54, 1.807) is 30.5 Å². The highest BCUT2D eigenvalue weighted by Gasteiger charge is 2.18. The predicted molar refractivity (Wildman–Crippen MR) is 94.5 cm³/mol. The smallest absolute Gasteiger partial charge is 0.337 e. The molecule has 24 heavy (non-hydrogen) atoms. The Morgan fingerprint density at radius 1 is 1.29 bits per heavy atom. The SMILES string of the molecule is COC(=O)c1cccc(NC(=O)c2sc3nccc(C)c3c2N)c1. The van der Waals surface area contributed by atoms with Gasteiger partial charge in [0.05, 0.1) is 18.4 Å². The number of nitrogens with one attached hydrogen (secondary N) is 1. The molecule has 1 aromatic carbocycles. The number of benzene rings is 1. The average Bonchev–Trinajstić information content (AvgIpc) is 2.92. The van der Waals surface area contributed by atoms with Crippen LogP contribution in [0.25, 0.3) is 10.2 Å². The number of anilines is 2. The van der Waals surface area contributed by atoms with Gasteiger partial charge < -0.3 is 15.8 Å². The van der Waals surface area contributed by atoms with E-state index < -0.39 is 5.97 Å². The molecule has 2 aromatic heterocycles. The molecule has 0 aliphatic heterocycles. The lowest BCUT2D eigenvalue weighted by Gasteiger charge is -2.06. The van der Waals surface area contributed by atoms with Crippen molar-refractivity contribution in [3.63, 3.8) is 0 Å². The summed E-state index contributed by atoms with van der Waals surface area (Å²) in [4.78, 5) is 29.5. The minimum absolute atomic E-state index is 0.336. The third kappa shape index (κ3) is 2.81. The van der Waals surface area contributed by atoms with Crippen molar-refractivity contribution in [1.29, 1.82) is 0 Å². The number of fused-ring (bicyclic) bond motifs is 1. The number of aryl methyl sites for hydroxylation is 1. The van der Waals surface area contributed by atoms with Gasteiger partial charge in [0.2, 0.25) is 0 Å². The van der Waals surface area contributed by atoms with Crippen molar-refractivity contribution in [2.24, 2.45) is 0 Å². The third-order valence-corrected chi connectivity index (χ3v) is 4.70. The molecule has 3 N–H and O–H groups in total. The summed E-state index contributed by atoms with van der Waals surface area (Å²) in [5, 5.41) is 3.56. The maximum Gasteiger partial charge on any atom is 0.337 e. The summed E-state index contributed by atoms with van der Waals surface area (Å²) in [7, 11) is 1.31. The number of pyridine rings is 1. The minimum Gasteiger partial charge on any atom is -0.465 e. The second-order valence-electron chi connectivity index (χ2n) is 5.18. The Bertz CT molecular complexity index is 949. The second-order valence-corrected chi connectivity index (χ2v) is 6.18. The molecule has 3 aromatic rings. The molecule has 0 bridgehead atoms. The molecule has 122 valence electrons. The molecule has 0 aliphatic carbocycles. The van der Waals surface area contributed by atoms with Crippen LogP contribution in [0.4, 0.5) is 11.4 Å². The molecular formula is C17H15N3O3S. The van der Waals surface area contributed by atoms with E-state index in [4.69, 9.17) is 5.73 Å². The first-order valence-electron chi connectivity index (χ1n) is 7.14. The van der Waals surface area contributed by atoms with Gasteiger partial charge in [-0.3, -0.25) is 4.79 Å². The van der Waals surface area contributed by atoms with Crippen molar-refractivity contribution in [2.45, 2.75) is 6.92 Å². The molecule has 0 atom stereocenters. The maximum atomic E-state index is 12.5. The first kappa shape index (κ1) is 15.9. The van der Waals surface area contributed by atoms with Gasteiger partial charge in [0.15, 0.2) is 0 Å². The van der Waals surface area contributed by atoms with Gasteiger partial charge in [-0.15, -0.1) is 11.3 Å². The monoisotopic (exact) mass is 341 g/mol. The zero-order valence-electron chi connectivity index (χ0n) is 13.1. The topological polar surface area (TPSA) is 94.3 Å². The summed E-state index contributed by atoms with van der Waals surface area (Å²) in [6.07, 6.45) is 1.69. The van der Waals surface area contributed by atoms with E-state index >= 15 is 0 Å². The van der Waals surface area contributed by atoms with Crippen LogP contribution in [0.1, 0.15) is 25.6 Å². The van der Waals surface area contributed by atoms with Gasteiger partial charge in [0, 0.05) is 17.3 Å². The van der Waals surface area contributed by atoms with E-state index in [0.717, 1.165) is 15.8 Å². The van der Waals surface area contributed by atoms with Crippen LogP contribution in [0.15, 0.2) is 36.5 Å². The number of esters is 1. The Morgan fingerprint density at radius 3 is 2.79 bits per heavy atom. The standard InChI is InChI=1S/C17H15N3O3S/c1-9-6-7-19-16-12(9)13(18)14(24-16)15(21)20-11-5-3-4-10(8-11)17(22)23-2/h3-8H,18H2,1-2H3,(H,20,21). The number of rotatable bonds is 3. The third-order valence-electron chi connectivity index (χ3n) is 3.58. The molecule has 3 rings (SSSR count). The molecule has 7 heteroatoms. The van der Waals surface area contributed by atoms with Crippen LogP contribution in [-0.4, -0.2) is 24.0 Å². The Hall–Kier alpha value is -2.93. The number of amides is 1.